The summed E-state index contributed by atoms with van der Waals surface area (Å²) in [6.45, 7) is 17.0. The van der Waals surface area contributed by atoms with E-state index in [0.29, 0.717) is 0 Å². The van der Waals surface area contributed by atoms with E-state index in [9.17, 15) is 0 Å². The van der Waals surface area contributed by atoms with Crippen molar-refractivity contribution in [1.82, 2.24) is 0 Å². The molecular formula is C54H48B2O4. The second kappa shape index (κ2) is 13.0. The maximum absolute atomic E-state index is 6.81. The van der Waals surface area contributed by atoms with Gasteiger partial charge in [0.1, 0.15) is 0 Å². The van der Waals surface area contributed by atoms with E-state index >= 15 is 0 Å². The van der Waals surface area contributed by atoms with Crippen LogP contribution in [0.4, 0.5) is 0 Å². The van der Waals surface area contributed by atoms with E-state index in [0.717, 1.165) is 32.5 Å². The maximum Gasteiger partial charge on any atom is 0.496 e. The van der Waals surface area contributed by atoms with Crippen LogP contribution in [-0.4, -0.2) is 36.6 Å². The van der Waals surface area contributed by atoms with Crippen molar-refractivity contribution in [3.05, 3.63) is 146 Å². The first-order valence-electron chi connectivity index (χ1n) is 21.3. The Morgan fingerprint density at radius 1 is 0.250 bits per heavy atom. The fourth-order valence-electron chi connectivity index (χ4n) is 9.96. The van der Waals surface area contributed by atoms with Crippen LogP contribution in [0.15, 0.2) is 146 Å². The molecule has 2 saturated heterocycles. The molecule has 0 aromatic heterocycles. The van der Waals surface area contributed by atoms with Gasteiger partial charge in [-0.3, -0.25) is 0 Å². The van der Waals surface area contributed by atoms with Crippen molar-refractivity contribution in [1.29, 1.82) is 0 Å². The minimum atomic E-state index is -0.517. The van der Waals surface area contributed by atoms with Crippen molar-refractivity contribution >= 4 is 89.8 Å². The molecule has 2 fully saturated rings. The van der Waals surface area contributed by atoms with Crippen molar-refractivity contribution in [3.8, 4) is 22.3 Å². The molecule has 0 bridgehead atoms. The van der Waals surface area contributed by atoms with Gasteiger partial charge in [-0.1, -0.05) is 146 Å². The lowest BCUT2D eigenvalue weighted by molar-refractivity contribution is 0.00578. The van der Waals surface area contributed by atoms with Crippen LogP contribution in [0.2, 0.25) is 0 Å². The van der Waals surface area contributed by atoms with Gasteiger partial charge in [0.15, 0.2) is 0 Å². The Morgan fingerprint density at radius 3 is 0.583 bits per heavy atom. The van der Waals surface area contributed by atoms with Gasteiger partial charge in [0.2, 0.25) is 0 Å². The Balaban J connectivity index is 1.25. The first-order chi connectivity index (χ1) is 28.8. The highest BCUT2D eigenvalue weighted by molar-refractivity contribution is 6.69. The van der Waals surface area contributed by atoms with Crippen LogP contribution in [0.1, 0.15) is 55.4 Å². The molecule has 2 aliphatic heterocycles. The monoisotopic (exact) mass is 782 g/mol. The van der Waals surface area contributed by atoms with Gasteiger partial charge in [-0.15, -0.1) is 0 Å². The minimum Gasteiger partial charge on any atom is -0.399 e. The zero-order valence-corrected chi connectivity index (χ0v) is 35.6. The van der Waals surface area contributed by atoms with Gasteiger partial charge >= 0.3 is 14.2 Å². The quantitative estimate of drug-likeness (QED) is 0.132. The van der Waals surface area contributed by atoms with Gasteiger partial charge in [0, 0.05) is 0 Å². The average Bonchev–Trinajstić information content (AvgIpc) is 3.59. The highest BCUT2D eigenvalue weighted by Crippen LogP contribution is 2.50. The van der Waals surface area contributed by atoms with E-state index in [1.165, 1.54) is 65.3 Å². The number of rotatable bonds is 4. The average molecular weight is 783 g/mol. The molecule has 0 spiro atoms. The second-order valence-corrected chi connectivity index (χ2v) is 18.8. The van der Waals surface area contributed by atoms with Crippen LogP contribution in [0.5, 0.6) is 0 Å². The SMILES string of the molecule is CC1(C)OB(c2c3ccccc3c(-c3c4ccccc4c(-c4c5ccccc5c(B5OC(C)(C)C(C)(C)O5)c5ccccc45)c4ccccc34)c3ccccc23)OC1(C)C. The lowest BCUT2D eigenvalue weighted by atomic mass is 9.70. The van der Waals surface area contributed by atoms with Gasteiger partial charge < -0.3 is 18.6 Å². The van der Waals surface area contributed by atoms with E-state index in [2.05, 4.69) is 201 Å². The second-order valence-electron chi connectivity index (χ2n) is 18.8. The van der Waals surface area contributed by atoms with Crippen molar-refractivity contribution in [3.63, 3.8) is 0 Å². The highest BCUT2D eigenvalue weighted by atomic mass is 16.7. The lowest BCUT2D eigenvalue weighted by Crippen LogP contribution is -2.41. The Kier molecular flexibility index (Phi) is 8.13. The molecule has 9 aromatic carbocycles. The predicted molar refractivity (Wildman–Crippen MR) is 254 cm³/mol. The summed E-state index contributed by atoms with van der Waals surface area (Å²) in [5, 5.41) is 14.0. The third kappa shape index (κ3) is 5.28. The van der Waals surface area contributed by atoms with Crippen LogP contribution < -0.4 is 10.9 Å². The van der Waals surface area contributed by atoms with E-state index in [1.807, 2.05) is 0 Å². The fourth-order valence-corrected chi connectivity index (χ4v) is 9.96. The van der Waals surface area contributed by atoms with Crippen molar-refractivity contribution in [2.24, 2.45) is 0 Å². The van der Waals surface area contributed by atoms with Crippen LogP contribution in [-0.2, 0) is 18.6 Å². The third-order valence-corrected chi connectivity index (χ3v) is 14.4. The molecule has 2 aliphatic rings. The molecule has 4 nitrogen and oxygen atoms in total. The molecule has 0 unspecified atom stereocenters. The molecular weight excluding hydrogens is 734 g/mol. The Hall–Kier alpha value is -5.49. The topological polar surface area (TPSA) is 36.9 Å². The van der Waals surface area contributed by atoms with Crippen LogP contribution in [0, 0.1) is 0 Å². The molecule has 2 heterocycles. The first kappa shape index (κ1) is 37.5. The third-order valence-electron chi connectivity index (χ3n) is 14.4. The summed E-state index contributed by atoms with van der Waals surface area (Å²) in [6, 6.07) is 53.3. The molecule has 6 heteroatoms. The van der Waals surface area contributed by atoms with Gasteiger partial charge in [-0.25, -0.2) is 0 Å². The van der Waals surface area contributed by atoms with Gasteiger partial charge in [0.05, 0.1) is 22.4 Å². The minimum absolute atomic E-state index is 0.475. The summed E-state index contributed by atoms with van der Waals surface area (Å²) in [5.74, 6) is 0. The van der Waals surface area contributed by atoms with E-state index < -0.39 is 36.6 Å². The van der Waals surface area contributed by atoms with E-state index in [1.54, 1.807) is 0 Å². The summed E-state index contributed by atoms with van der Waals surface area (Å²) in [6.07, 6.45) is 0. The zero-order chi connectivity index (χ0) is 41.3. The highest BCUT2D eigenvalue weighted by Gasteiger charge is 2.54. The number of fused-ring (bicyclic) bond motifs is 6. The molecule has 0 N–H and O–H groups in total. The molecule has 294 valence electrons. The van der Waals surface area contributed by atoms with Crippen LogP contribution >= 0.6 is 0 Å². The van der Waals surface area contributed by atoms with E-state index in [4.69, 9.17) is 18.6 Å². The fraction of sp³-hybridized carbons (Fsp3) is 0.222. The van der Waals surface area contributed by atoms with Crippen molar-refractivity contribution in [2.75, 3.05) is 0 Å². The smallest absolute Gasteiger partial charge is 0.399 e. The largest absolute Gasteiger partial charge is 0.496 e. The zero-order valence-electron chi connectivity index (χ0n) is 35.6. The van der Waals surface area contributed by atoms with Crippen LogP contribution in [0.3, 0.4) is 0 Å². The normalized spacial score (nSPS) is 18.2. The molecule has 60 heavy (non-hydrogen) atoms. The number of benzene rings is 9. The predicted octanol–water partition coefficient (Wildman–Crippen LogP) is 12.5. The van der Waals surface area contributed by atoms with Gasteiger partial charge in [-0.05, 0) is 153 Å². The molecule has 0 aliphatic carbocycles. The maximum atomic E-state index is 6.81. The van der Waals surface area contributed by atoms with Crippen molar-refractivity contribution < 1.29 is 18.6 Å². The summed E-state index contributed by atoms with van der Waals surface area (Å²) in [4.78, 5) is 0. The summed E-state index contributed by atoms with van der Waals surface area (Å²) in [7, 11) is -1.03. The van der Waals surface area contributed by atoms with Crippen LogP contribution in [0.25, 0.3) is 86.9 Å². The Bertz CT molecular complexity index is 2830. The molecule has 11 rings (SSSR count). The molecule has 0 amide bonds. The van der Waals surface area contributed by atoms with Crippen molar-refractivity contribution in [2.45, 2.75) is 77.8 Å². The number of hydrogen-bond acceptors (Lipinski definition) is 4. The molecule has 0 radical (unpaired) electrons. The number of hydrogen-bond donors (Lipinski definition) is 0. The Labute approximate surface area is 352 Å². The first-order valence-corrected chi connectivity index (χ1v) is 21.3. The molecule has 0 atom stereocenters. The van der Waals surface area contributed by atoms with E-state index in [-0.39, 0.29) is 0 Å². The lowest BCUT2D eigenvalue weighted by Gasteiger charge is -2.32. The summed E-state index contributed by atoms with van der Waals surface area (Å²) in [5.41, 5.74) is 5.13. The molecule has 0 saturated carbocycles. The standard InChI is InChI=1S/C54H48B2O4/c1-51(2)52(3,4)58-55(57-51)49-41-29-17-13-25-37(41)47(38-26-14-18-30-42(38)49)45-33-21-9-11-23-35(33)46(36-24-12-10-22-34(36)45)48-39-27-15-19-31-43(39)50(44-32-20-16-28-40(44)48)56-59-53(5,6)54(7,8)60-56/h9-32H,1-8H3. The molecule has 9 aromatic rings. The van der Waals surface area contributed by atoms with Gasteiger partial charge in [-0.2, -0.15) is 0 Å². The summed E-state index contributed by atoms with van der Waals surface area (Å²) < 4.78 is 27.2. The van der Waals surface area contributed by atoms with Gasteiger partial charge in [0.25, 0.3) is 0 Å². The summed E-state index contributed by atoms with van der Waals surface area (Å²) >= 11 is 0. The Morgan fingerprint density at radius 2 is 0.400 bits per heavy atom.